The van der Waals surface area contributed by atoms with Crippen LogP contribution in [0.25, 0.3) is 0 Å². The first-order valence-corrected chi connectivity index (χ1v) is 6.19. The first-order chi connectivity index (χ1) is 6.79. The maximum absolute atomic E-state index is 3.11. The third-order valence-corrected chi connectivity index (χ3v) is 4.03. The summed E-state index contributed by atoms with van der Waals surface area (Å²) < 4.78 is 0. The summed E-state index contributed by atoms with van der Waals surface area (Å²) in [7, 11) is 3.11. The van der Waals surface area contributed by atoms with E-state index in [-0.39, 0.29) is 0 Å². The second-order valence-corrected chi connectivity index (χ2v) is 5.81. The van der Waals surface area contributed by atoms with Crippen molar-refractivity contribution in [2.24, 2.45) is 0 Å². The summed E-state index contributed by atoms with van der Waals surface area (Å²) in [5, 5.41) is 0.500. The van der Waals surface area contributed by atoms with Gasteiger partial charge in [-0.3, -0.25) is 0 Å². The summed E-state index contributed by atoms with van der Waals surface area (Å²) in [6.45, 7) is 0. The average molecular weight is 206 g/mol. The molecule has 1 atom stereocenters. The van der Waals surface area contributed by atoms with E-state index in [0.29, 0.717) is 5.16 Å². The van der Waals surface area contributed by atoms with Crippen LogP contribution in [-0.4, -0.2) is 5.16 Å². The van der Waals surface area contributed by atoms with Gasteiger partial charge < -0.3 is 0 Å². The van der Waals surface area contributed by atoms with E-state index in [2.05, 4.69) is 39.6 Å². The lowest BCUT2D eigenvalue weighted by Crippen LogP contribution is -2.26. The first-order valence-electron chi connectivity index (χ1n) is 5.61. The zero-order valence-electron chi connectivity index (χ0n) is 8.71. The van der Waals surface area contributed by atoms with Gasteiger partial charge in [-0.05, 0) is 30.0 Å². The molecule has 0 N–H and O–H groups in total. The third kappa shape index (κ3) is 2.58. The van der Waals surface area contributed by atoms with Crippen LogP contribution in [0.2, 0.25) is 0 Å². The standard InChI is InChI=1S/C13H19P/c14-13(9-5-2-6-10-13)11-12-7-3-1-4-8-12/h1,3-4,7-8H,2,5-6,9-11,14H2. The highest BCUT2D eigenvalue weighted by Gasteiger charge is 2.26. The highest BCUT2D eigenvalue weighted by atomic mass is 31.0. The lowest BCUT2D eigenvalue weighted by molar-refractivity contribution is 0.394. The monoisotopic (exact) mass is 206 g/mol. The predicted molar refractivity (Wildman–Crippen MR) is 65.7 cm³/mol. The molecular formula is C13H19P. The van der Waals surface area contributed by atoms with Gasteiger partial charge in [-0.15, -0.1) is 9.24 Å². The summed E-state index contributed by atoms with van der Waals surface area (Å²) in [5.41, 5.74) is 1.49. The molecule has 1 fully saturated rings. The molecule has 0 bridgehead atoms. The van der Waals surface area contributed by atoms with Crippen molar-refractivity contribution in [1.82, 2.24) is 0 Å². The Balaban J connectivity index is 2.02. The van der Waals surface area contributed by atoms with Crippen LogP contribution in [0.15, 0.2) is 30.3 Å². The summed E-state index contributed by atoms with van der Waals surface area (Å²) in [5.74, 6) is 0. The summed E-state index contributed by atoms with van der Waals surface area (Å²) in [6, 6.07) is 10.9. The van der Waals surface area contributed by atoms with Crippen LogP contribution < -0.4 is 0 Å². The summed E-state index contributed by atoms with van der Waals surface area (Å²) >= 11 is 0. The van der Waals surface area contributed by atoms with Crippen molar-refractivity contribution in [2.45, 2.75) is 43.7 Å². The van der Waals surface area contributed by atoms with Crippen molar-refractivity contribution in [1.29, 1.82) is 0 Å². The van der Waals surface area contributed by atoms with E-state index < -0.39 is 0 Å². The minimum Gasteiger partial charge on any atom is -0.131 e. The Bertz CT molecular complexity index is 273. The molecule has 1 saturated carbocycles. The molecule has 1 unspecified atom stereocenters. The van der Waals surface area contributed by atoms with Crippen molar-refractivity contribution in [3.8, 4) is 0 Å². The molecule has 0 heterocycles. The Kier molecular flexibility index (Phi) is 3.23. The van der Waals surface area contributed by atoms with Gasteiger partial charge in [0, 0.05) is 0 Å². The molecule has 0 nitrogen and oxygen atoms in total. The van der Waals surface area contributed by atoms with Crippen LogP contribution >= 0.6 is 9.24 Å². The topological polar surface area (TPSA) is 0 Å². The molecule has 76 valence electrons. The van der Waals surface area contributed by atoms with Crippen molar-refractivity contribution in [3.63, 3.8) is 0 Å². The van der Waals surface area contributed by atoms with Crippen LogP contribution in [0.1, 0.15) is 37.7 Å². The maximum atomic E-state index is 3.11. The zero-order valence-corrected chi connectivity index (χ0v) is 9.86. The van der Waals surface area contributed by atoms with Crippen molar-refractivity contribution in [3.05, 3.63) is 35.9 Å². The Morgan fingerprint density at radius 1 is 1.00 bits per heavy atom. The van der Waals surface area contributed by atoms with Gasteiger partial charge in [0.15, 0.2) is 0 Å². The van der Waals surface area contributed by atoms with Crippen molar-refractivity contribution < 1.29 is 0 Å². The minimum absolute atomic E-state index is 0.500. The third-order valence-electron chi connectivity index (χ3n) is 3.25. The molecule has 0 aromatic heterocycles. The van der Waals surface area contributed by atoms with E-state index in [9.17, 15) is 0 Å². The van der Waals surface area contributed by atoms with Crippen LogP contribution in [0.4, 0.5) is 0 Å². The molecule has 2 rings (SSSR count). The molecule has 1 aromatic carbocycles. The molecule has 0 aliphatic heterocycles. The van der Waals surface area contributed by atoms with E-state index in [1.807, 2.05) is 0 Å². The van der Waals surface area contributed by atoms with Crippen LogP contribution in [0.5, 0.6) is 0 Å². The number of benzene rings is 1. The largest absolute Gasteiger partial charge is 0.131 e. The Labute approximate surface area is 89.3 Å². The predicted octanol–water partition coefficient (Wildman–Crippen LogP) is 3.81. The fourth-order valence-electron chi connectivity index (χ4n) is 2.44. The van der Waals surface area contributed by atoms with Gasteiger partial charge in [0.05, 0.1) is 0 Å². The van der Waals surface area contributed by atoms with Crippen molar-refractivity contribution >= 4 is 9.24 Å². The molecule has 1 heteroatoms. The fourth-order valence-corrected chi connectivity index (χ4v) is 3.08. The van der Waals surface area contributed by atoms with Crippen LogP contribution in [0, 0.1) is 0 Å². The maximum Gasteiger partial charge on any atom is -0.0110 e. The Morgan fingerprint density at radius 2 is 1.64 bits per heavy atom. The smallest absolute Gasteiger partial charge is 0.0110 e. The zero-order chi connectivity index (χ0) is 9.86. The van der Waals surface area contributed by atoms with E-state index in [0.717, 1.165) is 0 Å². The molecule has 1 aromatic rings. The molecule has 0 spiro atoms. The van der Waals surface area contributed by atoms with Gasteiger partial charge in [-0.25, -0.2) is 0 Å². The van der Waals surface area contributed by atoms with Crippen molar-refractivity contribution in [2.75, 3.05) is 0 Å². The van der Waals surface area contributed by atoms with Gasteiger partial charge in [0.2, 0.25) is 0 Å². The Hall–Kier alpha value is -0.350. The average Bonchev–Trinajstić information content (AvgIpc) is 2.19. The second-order valence-electron chi connectivity index (χ2n) is 4.59. The normalized spacial score (nSPS) is 20.6. The highest BCUT2D eigenvalue weighted by molar-refractivity contribution is 7.19. The second kappa shape index (κ2) is 4.45. The van der Waals surface area contributed by atoms with E-state index in [1.165, 1.54) is 44.1 Å². The van der Waals surface area contributed by atoms with Crippen LogP contribution in [0.3, 0.4) is 0 Å². The molecule has 1 aliphatic carbocycles. The van der Waals surface area contributed by atoms with Crippen LogP contribution in [-0.2, 0) is 6.42 Å². The van der Waals surface area contributed by atoms with Gasteiger partial charge >= 0.3 is 0 Å². The van der Waals surface area contributed by atoms with Gasteiger partial charge in [-0.1, -0.05) is 49.6 Å². The molecular weight excluding hydrogens is 187 g/mol. The van der Waals surface area contributed by atoms with Gasteiger partial charge in [-0.2, -0.15) is 0 Å². The number of hydrogen-bond acceptors (Lipinski definition) is 0. The minimum atomic E-state index is 0.500. The fraction of sp³-hybridized carbons (Fsp3) is 0.538. The SMILES string of the molecule is PC1(Cc2ccccc2)CCCCC1. The lowest BCUT2D eigenvalue weighted by atomic mass is 9.84. The Morgan fingerprint density at radius 3 is 2.29 bits per heavy atom. The number of rotatable bonds is 2. The quantitative estimate of drug-likeness (QED) is 0.645. The van der Waals surface area contributed by atoms with Gasteiger partial charge in [0.1, 0.15) is 0 Å². The molecule has 0 saturated heterocycles. The lowest BCUT2D eigenvalue weighted by Gasteiger charge is -2.33. The first kappa shape index (κ1) is 10.2. The summed E-state index contributed by atoms with van der Waals surface area (Å²) in [4.78, 5) is 0. The highest BCUT2D eigenvalue weighted by Crippen LogP contribution is 2.38. The van der Waals surface area contributed by atoms with E-state index in [4.69, 9.17) is 0 Å². The van der Waals surface area contributed by atoms with E-state index >= 15 is 0 Å². The number of hydrogen-bond donors (Lipinski definition) is 0. The van der Waals surface area contributed by atoms with Gasteiger partial charge in [0.25, 0.3) is 0 Å². The molecule has 0 amide bonds. The molecule has 1 aliphatic rings. The molecule has 0 radical (unpaired) electrons. The summed E-state index contributed by atoms with van der Waals surface area (Å²) in [6.07, 6.45) is 8.26. The van der Waals surface area contributed by atoms with E-state index in [1.54, 1.807) is 0 Å². The molecule has 14 heavy (non-hydrogen) atoms.